The van der Waals surface area contributed by atoms with Crippen molar-refractivity contribution in [2.45, 2.75) is 0 Å². The number of fused-ring (bicyclic) bond motifs is 1. The number of aromatic nitrogens is 3. The first kappa shape index (κ1) is 11.1. The van der Waals surface area contributed by atoms with Crippen LogP contribution in [0, 0.1) is 0 Å². The fraction of sp³-hybridized carbons (Fsp3) is 0. The lowest BCUT2D eigenvalue weighted by Gasteiger charge is -2.09. The Morgan fingerprint density at radius 3 is 2.50 bits per heavy atom. The number of hydrogen-bond acceptors (Lipinski definition) is 1. The van der Waals surface area contributed by atoms with E-state index in [9.17, 15) is 0 Å². The largest absolute Gasteiger partial charge is 0.343 e. The van der Waals surface area contributed by atoms with Gasteiger partial charge in [0.15, 0.2) is 5.82 Å². The lowest BCUT2D eigenvalue weighted by Crippen LogP contribution is -1.97. The van der Waals surface area contributed by atoms with Gasteiger partial charge in [-0.15, -0.1) is 0 Å². The van der Waals surface area contributed by atoms with Gasteiger partial charge in [-0.3, -0.25) is 0 Å². The van der Waals surface area contributed by atoms with Crippen molar-refractivity contribution in [2.75, 3.05) is 0 Å². The topological polar surface area (TPSA) is 33.6 Å². The predicted molar refractivity (Wildman–Crippen MR) is 80.9 cm³/mol. The van der Waals surface area contributed by atoms with Crippen molar-refractivity contribution >= 4 is 10.9 Å². The molecule has 0 aliphatic heterocycles. The number of nitrogens with one attached hydrogen (secondary N) is 1. The molecule has 0 bridgehead atoms. The second-order valence-electron chi connectivity index (χ2n) is 4.70. The third kappa shape index (κ3) is 1.64. The average Bonchev–Trinajstić information content (AvgIpc) is 3.15. The van der Waals surface area contributed by atoms with Gasteiger partial charge in [0.2, 0.25) is 0 Å². The maximum atomic E-state index is 4.39. The van der Waals surface area contributed by atoms with Crippen molar-refractivity contribution in [2.24, 2.45) is 0 Å². The number of hydrogen-bond donors (Lipinski definition) is 1. The summed E-state index contributed by atoms with van der Waals surface area (Å²) in [6, 6.07) is 20.9. The minimum Gasteiger partial charge on any atom is -0.343 e. The Morgan fingerprint density at radius 2 is 1.70 bits per heavy atom. The van der Waals surface area contributed by atoms with E-state index < -0.39 is 0 Å². The van der Waals surface area contributed by atoms with Crippen molar-refractivity contribution in [3.05, 3.63) is 73.1 Å². The van der Waals surface area contributed by atoms with Crippen LogP contribution >= 0.6 is 0 Å². The van der Waals surface area contributed by atoms with Crippen molar-refractivity contribution < 1.29 is 0 Å². The van der Waals surface area contributed by atoms with Gasteiger partial charge in [0.1, 0.15) is 0 Å². The molecule has 0 atom stereocenters. The molecule has 0 saturated carbocycles. The van der Waals surface area contributed by atoms with Crippen LogP contribution in [0.15, 0.2) is 73.1 Å². The zero-order valence-corrected chi connectivity index (χ0v) is 10.8. The minimum absolute atomic E-state index is 0.880. The Morgan fingerprint density at radius 1 is 0.900 bits per heavy atom. The second-order valence-corrected chi connectivity index (χ2v) is 4.70. The lowest BCUT2D eigenvalue weighted by atomic mass is 10.2. The Bertz CT molecular complexity index is 842. The van der Waals surface area contributed by atoms with Gasteiger partial charge in [-0.05, 0) is 24.3 Å². The predicted octanol–water partition coefficient (Wildman–Crippen LogP) is 4.02. The summed E-state index contributed by atoms with van der Waals surface area (Å²) in [4.78, 5) is 7.58. The molecule has 0 fully saturated rings. The van der Waals surface area contributed by atoms with E-state index in [-0.39, 0.29) is 0 Å². The monoisotopic (exact) mass is 259 g/mol. The van der Waals surface area contributed by atoms with E-state index in [0.717, 1.165) is 17.2 Å². The number of H-pyrrole nitrogens is 1. The zero-order chi connectivity index (χ0) is 13.4. The van der Waals surface area contributed by atoms with Crippen LogP contribution in [0.2, 0.25) is 0 Å². The molecule has 2 heterocycles. The SMILES string of the molecule is c1ccc(-n2c(-c3ncc[nH]3)cc3ccccc32)cc1. The van der Waals surface area contributed by atoms with Crippen LogP contribution in [0.25, 0.3) is 28.1 Å². The Kier molecular flexibility index (Phi) is 2.42. The molecule has 0 aliphatic rings. The number of benzene rings is 2. The van der Waals surface area contributed by atoms with E-state index >= 15 is 0 Å². The Balaban J connectivity index is 2.09. The van der Waals surface area contributed by atoms with E-state index in [0.29, 0.717) is 0 Å². The summed E-state index contributed by atoms with van der Waals surface area (Å²) in [5, 5.41) is 1.21. The molecular weight excluding hydrogens is 246 g/mol. The van der Waals surface area contributed by atoms with Gasteiger partial charge in [-0.2, -0.15) is 0 Å². The summed E-state index contributed by atoms with van der Waals surface area (Å²) < 4.78 is 2.23. The van der Waals surface area contributed by atoms with Gasteiger partial charge in [0, 0.05) is 23.5 Å². The van der Waals surface area contributed by atoms with Crippen LogP contribution in [0.4, 0.5) is 0 Å². The standard InChI is InChI=1S/C17H13N3/c1-2-7-14(8-3-1)20-15-9-5-4-6-13(15)12-16(20)17-18-10-11-19-17/h1-12H,(H,18,19). The summed E-state index contributed by atoms with van der Waals surface area (Å²) in [5.74, 6) is 0.880. The molecule has 0 saturated heterocycles. The zero-order valence-electron chi connectivity index (χ0n) is 10.8. The first-order chi connectivity index (χ1) is 9.93. The molecule has 1 N–H and O–H groups in total. The molecule has 3 heteroatoms. The van der Waals surface area contributed by atoms with Crippen LogP contribution < -0.4 is 0 Å². The van der Waals surface area contributed by atoms with Gasteiger partial charge < -0.3 is 9.55 Å². The fourth-order valence-electron chi connectivity index (χ4n) is 2.59. The molecule has 0 unspecified atom stereocenters. The maximum absolute atomic E-state index is 4.39. The van der Waals surface area contributed by atoms with Crippen LogP contribution in [0.1, 0.15) is 0 Å². The van der Waals surface area contributed by atoms with E-state index in [1.807, 2.05) is 12.3 Å². The molecule has 20 heavy (non-hydrogen) atoms. The number of aromatic amines is 1. The molecule has 0 amide bonds. The maximum Gasteiger partial charge on any atom is 0.154 e. The van der Waals surface area contributed by atoms with Crippen LogP contribution in [0.5, 0.6) is 0 Å². The molecule has 0 aliphatic carbocycles. The highest BCUT2D eigenvalue weighted by Crippen LogP contribution is 2.29. The van der Waals surface area contributed by atoms with Crippen molar-refractivity contribution in [3.8, 4) is 17.2 Å². The molecule has 96 valence electrons. The molecule has 4 rings (SSSR count). The van der Waals surface area contributed by atoms with Gasteiger partial charge >= 0.3 is 0 Å². The summed E-state index contributed by atoms with van der Waals surface area (Å²) in [7, 11) is 0. The smallest absolute Gasteiger partial charge is 0.154 e. The first-order valence-electron chi connectivity index (χ1n) is 6.59. The average molecular weight is 259 g/mol. The number of para-hydroxylation sites is 2. The number of nitrogens with zero attached hydrogens (tertiary/aromatic N) is 2. The summed E-state index contributed by atoms with van der Waals surface area (Å²) in [6.45, 7) is 0. The summed E-state index contributed by atoms with van der Waals surface area (Å²) in [5.41, 5.74) is 3.40. The molecular formula is C17H13N3. The minimum atomic E-state index is 0.880. The van der Waals surface area contributed by atoms with Crippen LogP contribution in [0.3, 0.4) is 0 Å². The van der Waals surface area contributed by atoms with Gasteiger partial charge in [-0.25, -0.2) is 4.98 Å². The number of imidazole rings is 1. The first-order valence-corrected chi connectivity index (χ1v) is 6.59. The quantitative estimate of drug-likeness (QED) is 0.579. The molecule has 2 aromatic heterocycles. The van der Waals surface area contributed by atoms with Gasteiger partial charge in [-0.1, -0.05) is 36.4 Å². The van der Waals surface area contributed by atoms with Gasteiger partial charge in [0.25, 0.3) is 0 Å². The normalized spacial score (nSPS) is 11.0. The highest BCUT2D eigenvalue weighted by atomic mass is 15.0. The molecule has 0 radical (unpaired) electrons. The lowest BCUT2D eigenvalue weighted by molar-refractivity contribution is 1.10. The molecule has 2 aromatic carbocycles. The van der Waals surface area contributed by atoms with E-state index in [4.69, 9.17) is 0 Å². The van der Waals surface area contributed by atoms with E-state index in [1.165, 1.54) is 10.9 Å². The van der Waals surface area contributed by atoms with Crippen molar-refractivity contribution in [1.29, 1.82) is 0 Å². The molecule has 0 spiro atoms. The van der Waals surface area contributed by atoms with E-state index in [1.54, 1.807) is 6.20 Å². The highest BCUT2D eigenvalue weighted by Gasteiger charge is 2.13. The Hall–Kier alpha value is -2.81. The third-order valence-electron chi connectivity index (χ3n) is 3.47. The summed E-state index contributed by atoms with van der Waals surface area (Å²) in [6.07, 6.45) is 3.63. The summed E-state index contributed by atoms with van der Waals surface area (Å²) >= 11 is 0. The van der Waals surface area contributed by atoms with Crippen LogP contribution in [-0.2, 0) is 0 Å². The third-order valence-corrected chi connectivity index (χ3v) is 3.47. The highest BCUT2D eigenvalue weighted by molar-refractivity contribution is 5.88. The molecule has 3 nitrogen and oxygen atoms in total. The van der Waals surface area contributed by atoms with Crippen molar-refractivity contribution in [1.82, 2.24) is 14.5 Å². The van der Waals surface area contributed by atoms with Crippen molar-refractivity contribution in [3.63, 3.8) is 0 Å². The fourth-order valence-corrected chi connectivity index (χ4v) is 2.59. The Labute approximate surface area is 116 Å². The second kappa shape index (κ2) is 4.38. The number of rotatable bonds is 2. The van der Waals surface area contributed by atoms with E-state index in [2.05, 4.69) is 69.1 Å². The van der Waals surface area contributed by atoms with Crippen LogP contribution in [-0.4, -0.2) is 14.5 Å². The van der Waals surface area contributed by atoms with Gasteiger partial charge in [0.05, 0.1) is 11.2 Å². The molecule has 4 aromatic rings.